The van der Waals surface area contributed by atoms with E-state index in [0.29, 0.717) is 0 Å². The molecule has 0 bridgehead atoms. The molecule has 31 heavy (non-hydrogen) atoms. The van der Waals surface area contributed by atoms with Gasteiger partial charge in [0.2, 0.25) is 0 Å². The summed E-state index contributed by atoms with van der Waals surface area (Å²) in [4.78, 5) is 36.4. The highest BCUT2D eigenvalue weighted by Crippen LogP contribution is 2.19. The zero-order valence-corrected chi connectivity index (χ0v) is 17.6. The molecule has 4 N–H and O–H groups in total. The van der Waals surface area contributed by atoms with E-state index in [1.807, 2.05) is 68.4 Å². The molecule has 0 saturated heterocycles. The molecule has 0 heterocycles. The van der Waals surface area contributed by atoms with Crippen molar-refractivity contribution in [1.82, 2.24) is 10.2 Å². The van der Waals surface area contributed by atoms with Crippen molar-refractivity contribution >= 4 is 18.0 Å². The van der Waals surface area contributed by atoms with Crippen LogP contribution in [0.5, 0.6) is 0 Å². The molecule has 0 radical (unpaired) electrons. The van der Waals surface area contributed by atoms with Crippen LogP contribution in [0.1, 0.15) is 19.4 Å². The van der Waals surface area contributed by atoms with Crippen molar-refractivity contribution in [3.8, 4) is 11.1 Å². The molecule has 0 spiro atoms. The first kappa shape index (κ1) is 23.9. The number of benzene rings is 2. The van der Waals surface area contributed by atoms with Gasteiger partial charge in [0.25, 0.3) is 0 Å². The number of aliphatic hydroxyl groups is 1. The average molecular weight is 428 g/mol. The van der Waals surface area contributed by atoms with Gasteiger partial charge in [-0.25, -0.2) is 14.4 Å². The van der Waals surface area contributed by atoms with Gasteiger partial charge in [-0.15, -0.1) is 0 Å². The third kappa shape index (κ3) is 7.42. The van der Waals surface area contributed by atoms with Crippen LogP contribution in [0.4, 0.5) is 4.79 Å². The topological polar surface area (TPSA) is 127 Å². The van der Waals surface area contributed by atoms with Gasteiger partial charge in [-0.2, -0.15) is 0 Å². The average Bonchev–Trinajstić information content (AvgIpc) is 2.73. The SMILES string of the molecule is CC(C)CN(CC(O)C(=O)O)C(=O)NC(Cc1ccc(-c2ccccc2)cc1)C(=O)O. The van der Waals surface area contributed by atoms with E-state index in [2.05, 4.69) is 5.32 Å². The maximum atomic E-state index is 12.6. The number of urea groups is 1. The van der Waals surface area contributed by atoms with Gasteiger partial charge in [-0.1, -0.05) is 68.4 Å². The van der Waals surface area contributed by atoms with E-state index < -0.39 is 36.7 Å². The summed E-state index contributed by atoms with van der Waals surface area (Å²) >= 11 is 0. The second kappa shape index (κ2) is 11.1. The van der Waals surface area contributed by atoms with Gasteiger partial charge in [0.1, 0.15) is 6.04 Å². The third-order valence-corrected chi connectivity index (χ3v) is 4.65. The Bertz CT molecular complexity index is 883. The first-order chi connectivity index (χ1) is 14.7. The number of carbonyl (C=O) groups excluding carboxylic acids is 1. The number of carboxylic acid groups (broad SMARTS) is 2. The van der Waals surface area contributed by atoms with E-state index in [1.165, 1.54) is 0 Å². The van der Waals surface area contributed by atoms with Crippen LogP contribution in [0.15, 0.2) is 54.6 Å². The fourth-order valence-corrected chi connectivity index (χ4v) is 3.11. The lowest BCUT2D eigenvalue weighted by Crippen LogP contribution is -2.52. The van der Waals surface area contributed by atoms with Gasteiger partial charge in [0.15, 0.2) is 6.10 Å². The minimum atomic E-state index is -1.75. The molecule has 2 atom stereocenters. The Morgan fingerprint density at radius 1 is 0.871 bits per heavy atom. The van der Waals surface area contributed by atoms with Crippen molar-refractivity contribution in [2.45, 2.75) is 32.4 Å². The molecular weight excluding hydrogens is 400 g/mol. The summed E-state index contributed by atoms with van der Waals surface area (Å²) in [6.45, 7) is 3.40. The number of aliphatic carboxylic acids is 2. The van der Waals surface area contributed by atoms with Crippen LogP contribution in [-0.2, 0) is 16.0 Å². The van der Waals surface area contributed by atoms with Crippen molar-refractivity contribution < 1.29 is 29.7 Å². The predicted octanol–water partition coefficient (Wildman–Crippen LogP) is 2.46. The Balaban J connectivity index is 2.09. The van der Waals surface area contributed by atoms with Crippen molar-refractivity contribution in [2.75, 3.05) is 13.1 Å². The van der Waals surface area contributed by atoms with Gasteiger partial charge in [0, 0.05) is 13.0 Å². The number of nitrogens with zero attached hydrogens (tertiary/aromatic N) is 1. The predicted molar refractivity (Wildman–Crippen MR) is 116 cm³/mol. The lowest BCUT2D eigenvalue weighted by atomic mass is 10.0. The normalized spacial score (nSPS) is 12.8. The summed E-state index contributed by atoms with van der Waals surface area (Å²) in [5.74, 6) is -2.65. The number of carboxylic acids is 2. The molecule has 0 aliphatic heterocycles. The van der Waals surface area contributed by atoms with Crippen LogP contribution in [0, 0.1) is 5.92 Å². The van der Waals surface area contributed by atoms with Crippen LogP contribution in [-0.4, -0.2) is 63.4 Å². The molecular formula is C23H28N2O6. The Labute approximate surface area is 181 Å². The molecule has 0 aliphatic rings. The third-order valence-electron chi connectivity index (χ3n) is 4.65. The van der Waals surface area contributed by atoms with Gasteiger partial charge in [-0.05, 0) is 22.6 Å². The second-order valence-electron chi connectivity index (χ2n) is 7.76. The van der Waals surface area contributed by atoms with Crippen molar-refractivity contribution in [1.29, 1.82) is 0 Å². The summed E-state index contributed by atoms with van der Waals surface area (Å²) in [5, 5.41) is 30.6. The molecule has 8 nitrogen and oxygen atoms in total. The fraction of sp³-hybridized carbons (Fsp3) is 0.348. The quantitative estimate of drug-likeness (QED) is 0.460. The number of amides is 2. The molecule has 2 aromatic rings. The molecule has 0 aliphatic carbocycles. The number of rotatable bonds is 10. The van der Waals surface area contributed by atoms with Gasteiger partial charge in [0.05, 0.1) is 6.54 Å². The molecule has 2 rings (SSSR count). The van der Waals surface area contributed by atoms with Crippen molar-refractivity contribution in [3.05, 3.63) is 60.2 Å². The van der Waals surface area contributed by atoms with Crippen molar-refractivity contribution in [2.24, 2.45) is 5.92 Å². The molecule has 0 saturated carbocycles. The van der Waals surface area contributed by atoms with E-state index in [-0.39, 0.29) is 18.9 Å². The molecule has 2 amide bonds. The van der Waals surface area contributed by atoms with Crippen LogP contribution in [0.2, 0.25) is 0 Å². The van der Waals surface area contributed by atoms with Gasteiger partial charge < -0.3 is 25.5 Å². The minimum Gasteiger partial charge on any atom is -0.480 e. The smallest absolute Gasteiger partial charge is 0.334 e. The number of hydrogen-bond donors (Lipinski definition) is 4. The van der Waals surface area contributed by atoms with E-state index in [4.69, 9.17) is 5.11 Å². The highest BCUT2D eigenvalue weighted by Gasteiger charge is 2.27. The molecule has 2 unspecified atom stereocenters. The summed E-state index contributed by atoms with van der Waals surface area (Å²) in [7, 11) is 0. The lowest BCUT2D eigenvalue weighted by Gasteiger charge is -2.27. The summed E-state index contributed by atoms with van der Waals surface area (Å²) in [5.41, 5.74) is 2.76. The van der Waals surface area contributed by atoms with Crippen LogP contribution < -0.4 is 5.32 Å². The van der Waals surface area contributed by atoms with Gasteiger partial charge >= 0.3 is 18.0 Å². The maximum absolute atomic E-state index is 12.6. The van der Waals surface area contributed by atoms with E-state index in [1.54, 1.807) is 0 Å². The first-order valence-electron chi connectivity index (χ1n) is 10.0. The van der Waals surface area contributed by atoms with Crippen LogP contribution in [0.25, 0.3) is 11.1 Å². The number of aliphatic hydroxyl groups excluding tert-OH is 1. The monoisotopic (exact) mass is 428 g/mol. The Morgan fingerprint density at radius 3 is 1.97 bits per heavy atom. The fourth-order valence-electron chi connectivity index (χ4n) is 3.11. The zero-order chi connectivity index (χ0) is 23.0. The second-order valence-corrected chi connectivity index (χ2v) is 7.76. The first-order valence-corrected chi connectivity index (χ1v) is 10.0. The van der Waals surface area contributed by atoms with Crippen LogP contribution in [0.3, 0.4) is 0 Å². The maximum Gasteiger partial charge on any atom is 0.334 e. The Morgan fingerprint density at radius 2 is 1.45 bits per heavy atom. The summed E-state index contributed by atoms with van der Waals surface area (Å²) in [6, 6.07) is 15.2. The van der Waals surface area contributed by atoms with E-state index in [0.717, 1.165) is 21.6 Å². The molecule has 0 aromatic heterocycles. The highest BCUT2D eigenvalue weighted by molar-refractivity contribution is 5.83. The highest BCUT2D eigenvalue weighted by atomic mass is 16.4. The molecule has 8 heteroatoms. The lowest BCUT2D eigenvalue weighted by molar-refractivity contribution is -0.147. The van der Waals surface area contributed by atoms with E-state index in [9.17, 15) is 24.6 Å². The van der Waals surface area contributed by atoms with Gasteiger partial charge in [-0.3, -0.25) is 0 Å². The summed E-state index contributed by atoms with van der Waals surface area (Å²) < 4.78 is 0. The molecule has 166 valence electrons. The minimum absolute atomic E-state index is 0.000513. The summed E-state index contributed by atoms with van der Waals surface area (Å²) in [6.07, 6.45) is -1.69. The van der Waals surface area contributed by atoms with Crippen LogP contribution >= 0.6 is 0 Å². The Kier molecular flexibility index (Phi) is 8.57. The zero-order valence-electron chi connectivity index (χ0n) is 17.6. The van der Waals surface area contributed by atoms with Crippen molar-refractivity contribution in [3.63, 3.8) is 0 Å². The number of carbonyl (C=O) groups is 3. The standard InChI is InChI=1S/C23H28N2O6/c1-15(2)13-25(14-20(26)22(29)30)23(31)24-19(21(27)28)12-16-8-10-18(11-9-16)17-6-4-3-5-7-17/h3-11,15,19-20,26H,12-14H2,1-2H3,(H,24,31)(H,27,28)(H,29,30). The largest absolute Gasteiger partial charge is 0.480 e. The molecule has 0 fully saturated rings. The molecule has 2 aromatic carbocycles. The number of hydrogen-bond acceptors (Lipinski definition) is 4. The Hall–Kier alpha value is -3.39. The number of nitrogens with one attached hydrogen (secondary N) is 1. The van der Waals surface area contributed by atoms with E-state index >= 15 is 0 Å².